The number of fused-ring (bicyclic) bond motifs is 1. The molecule has 0 bridgehead atoms. The number of aromatic nitrogens is 1. The van der Waals surface area contributed by atoms with Crippen molar-refractivity contribution in [3.05, 3.63) is 100 Å². The Morgan fingerprint density at radius 3 is 2.62 bits per heavy atom. The summed E-state index contributed by atoms with van der Waals surface area (Å²) in [4.78, 5) is 32.2. The van der Waals surface area contributed by atoms with Crippen molar-refractivity contribution < 1.29 is 28.2 Å². The number of benzene rings is 2. The summed E-state index contributed by atoms with van der Waals surface area (Å²) in [6.07, 6.45) is 1.51. The molecular formula is C25H16ClFN2O5. The molecule has 1 atom stereocenters. The number of rotatable bonds is 5. The van der Waals surface area contributed by atoms with Crippen LogP contribution in [-0.2, 0) is 4.79 Å². The number of carbonyl (C=O) groups is 2. The van der Waals surface area contributed by atoms with Crippen LogP contribution in [0.1, 0.15) is 22.3 Å². The number of Topliss-reactive ketones (excluding diaryl/α,β-unsaturated/α-hetero) is 1. The molecule has 5 rings (SSSR count). The minimum Gasteiger partial charge on any atom is -0.503 e. The third kappa shape index (κ3) is 3.48. The van der Waals surface area contributed by atoms with Crippen molar-refractivity contribution in [3.63, 3.8) is 0 Å². The number of aliphatic hydroxyl groups is 1. The molecule has 0 saturated carbocycles. The standard InChI is InChI=1S/C25H16ClFN2O5/c1-33-19-12-14(26)10-13-11-18(34-24(13)19)22(30)20-21(17-4-2-3-9-28-17)29(25(32)23(20)31)16-7-5-15(27)6-8-16/h2-12,21,31H,1H3. The SMILES string of the molecule is COc1cc(Cl)cc2cc(C(=O)C3=C(O)C(=O)N(c4ccc(F)cc4)C3c3ccccn3)oc12. The number of ether oxygens (including phenoxy) is 1. The molecule has 7 nitrogen and oxygen atoms in total. The van der Waals surface area contributed by atoms with Gasteiger partial charge in [0.25, 0.3) is 5.91 Å². The molecule has 1 amide bonds. The molecule has 0 spiro atoms. The van der Waals surface area contributed by atoms with Crippen LogP contribution in [0.5, 0.6) is 5.75 Å². The number of amides is 1. The largest absolute Gasteiger partial charge is 0.503 e. The molecule has 1 unspecified atom stereocenters. The Labute approximate surface area is 197 Å². The van der Waals surface area contributed by atoms with E-state index < -0.39 is 29.3 Å². The predicted octanol–water partition coefficient (Wildman–Crippen LogP) is 5.41. The molecule has 2 aromatic heterocycles. The highest BCUT2D eigenvalue weighted by Gasteiger charge is 2.46. The van der Waals surface area contributed by atoms with E-state index in [1.807, 2.05) is 0 Å². The molecule has 0 fully saturated rings. The average molecular weight is 479 g/mol. The first-order chi connectivity index (χ1) is 16.4. The minimum atomic E-state index is -1.06. The fourth-order valence-corrected chi connectivity index (χ4v) is 4.22. The van der Waals surface area contributed by atoms with Crippen molar-refractivity contribution in [2.75, 3.05) is 12.0 Å². The number of pyridine rings is 1. The number of aliphatic hydroxyl groups excluding tert-OH is 1. The Morgan fingerprint density at radius 1 is 1.18 bits per heavy atom. The zero-order chi connectivity index (χ0) is 24.0. The van der Waals surface area contributed by atoms with Crippen molar-refractivity contribution in [1.82, 2.24) is 4.98 Å². The fourth-order valence-electron chi connectivity index (χ4n) is 4.00. The fraction of sp³-hybridized carbons (Fsp3) is 0.0800. The van der Waals surface area contributed by atoms with Crippen LogP contribution in [0.15, 0.2) is 82.6 Å². The van der Waals surface area contributed by atoms with Crippen molar-refractivity contribution in [2.45, 2.75) is 6.04 Å². The van der Waals surface area contributed by atoms with Crippen LogP contribution in [0.2, 0.25) is 5.02 Å². The zero-order valence-electron chi connectivity index (χ0n) is 17.7. The number of hydrogen-bond donors (Lipinski definition) is 1. The second-order valence-corrected chi connectivity index (χ2v) is 7.97. The van der Waals surface area contributed by atoms with E-state index in [4.69, 9.17) is 20.8 Å². The maximum absolute atomic E-state index is 13.6. The quantitative estimate of drug-likeness (QED) is 0.385. The molecule has 9 heteroatoms. The summed E-state index contributed by atoms with van der Waals surface area (Å²) in [5.74, 6) is -2.55. The van der Waals surface area contributed by atoms with Gasteiger partial charge in [0.1, 0.15) is 11.9 Å². The van der Waals surface area contributed by atoms with Gasteiger partial charge in [-0.2, -0.15) is 0 Å². The van der Waals surface area contributed by atoms with E-state index in [0.717, 1.165) is 0 Å². The molecular weight excluding hydrogens is 463 g/mol. The van der Waals surface area contributed by atoms with Crippen LogP contribution in [0.4, 0.5) is 10.1 Å². The summed E-state index contributed by atoms with van der Waals surface area (Å²) in [5, 5.41) is 11.7. The molecule has 34 heavy (non-hydrogen) atoms. The topological polar surface area (TPSA) is 92.9 Å². The van der Waals surface area contributed by atoms with Crippen LogP contribution in [0.25, 0.3) is 11.0 Å². The van der Waals surface area contributed by atoms with Gasteiger partial charge in [0, 0.05) is 28.4 Å². The third-order valence-corrected chi connectivity index (χ3v) is 5.73. The Bertz CT molecular complexity index is 1460. The number of hydrogen-bond acceptors (Lipinski definition) is 6. The van der Waals surface area contributed by atoms with Crippen molar-refractivity contribution in [1.29, 1.82) is 0 Å². The number of furan rings is 1. The van der Waals surface area contributed by atoms with Crippen LogP contribution in [0.3, 0.4) is 0 Å². The number of carbonyl (C=O) groups excluding carboxylic acids is 2. The van der Waals surface area contributed by atoms with Crippen molar-refractivity contribution in [2.24, 2.45) is 0 Å². The number of halogens is 2. The van der Waals surface area contributed by atoms with Gasteiger partial charge in [0.2, 0.25) is 5.78 Å². The molecule has 1 N–H and O–H groups in total. The summed E-state index contributed by atoms with van der Waals surface area (Å²) in [7, 11) is 1.44. The van der Waals surface area contributed by atoms with Crippen LogP contribution in [-0.4, -0.2) is 28.9 Å². The van der Waals surface area contributed by atoms with Crippen LogP contribution >= 0.6 is 11.6 Å². The maximum Gasteiger partial charge on any atom is 0.294 e. The van der Waals surface area contributed by atoms with Gasteiger partial charge < -0.3 is 14.3 Å². The van der Waals surface area contributed by atoms with Gasteiger partial charge in [0.15, 0.2) is 22.9 Å². The molecule has 3 heterocycles. The van der Waals surface area contributed by atoms with Gasteiger partial charge in [-0.05, 0) is 48.5 Å². The van der Waals surface area contributed by atoms with Gasteiger partial charge in [-0.25, -0.2) is 4.39 Å². The molecule has 1 aliphatic rings. The molecule has 4 aromatic rings. The normalized spacial score (nSPS) is 15.9. The van der Waals surface area contributed by atoms with Crippen LogP contribution in [0, 0.1) is 5.82 Å². The van der Waals surface area contributed by atoms with Gasteiger partial charge in [-0.1, -0.05) is 17.7 Å². The Balaban J connectivity index is 1.65. The summed E-state index contributed by atoms with van der Waals surface area (Å²) in [5.41, 5.74) is 0.709. The first kappa shape index (κ1) is 21.7. The zero-order valence-corrected chi connectivity index (χ0v) is 18.4. The Morgan fingerprint density at radius 2 is 1.94 bits per heavy atom. The maximum atomic E-state index is 13.6. The molecule has 0 aliphatic carbocycles. The molecule has 0 radical (unpaired) electrons. The van der Waals surface area contributed by atoms with Gasteiger partial charge in [-0.15, -0.1) is 0 Å². The summed E-state index contributed by atoms with van der Waals surface area (Å²) in [6, 6.07) is 13.7. The van der Waals surface area contributed by atoms with Crippen LogP contribution < -0.4 is 9.64 Å². The Kier molecular flexibility index (Phi) is 5.30. The third-order valence-electron chi connectivity index (χ3n) is 5.52. The van der Waals surface area contributed by atoms with E-state index in [0.29, 0.717) is 27.4 Å². The highest BCUT2D eigenvalue weighted by atomic mass is 35.5. The van der Waals surface area contributed by atoms with E-state index in [9.17, 15) is 19.1 Å². The second kappa shape index (κ2) is 8.31. The second-order valence-electron chi connectivity index (χ2n) is 7.54. The van der Waals surface area contributed by atoms with Crippen molar-refractivity contribution >= 4 is 39.9 Å². The van der Waals surface area contributed by atoms with Gasteiger partial charge in [-0.3, -0.25) is 19.5 Å². The van der Waals surface area contributed by atoms with Gasteiger partial charge >= 0.3 is 0 Å². The average Bonchev–Trinajstić information content (AvgIpc) is 3.38. The lowest BCUT2D eigenvalue weighted by atomic mass is 9.98. The van der Waals surface area contributed by atoms with Crippen molar-refractivity contribution in [3.8, 4) is 5.75 Å². The lowest BCUT2D eigenvalue weighted by Gasteiger charge is -2.25. The van der Waals surface area contributed by atoms with E-state index in [-0.39, 0.29) is 17.0 Å². The smallest absolute Gasteiger partial charge is 0.294 e. The summed E-state index contributed by atoms with van der Waals surface area (Å²) < 4.78 is 24.6. The molecule has 170 valence electrons. The minimum absolute atomic E-state index is 0.119. The first-order valence-electron chi connectivity index (χ1n) is 10.1. The number of ketones is 1. The summed E-state index contributed by atoms with van der Waals surface area (Å²) in [6.45, 7) is 0. The molecule has 2 aromatic carbocycles. The highest BCUT2D eigenvalue weighted by molar-refractivity contribution is 6.31. The number of methoxy groups -OCH3 is 1. The molecule has 1 aliphatic heterocycles. The number of anilines is 1. The predicted molar refractivity (Wildman–Crippen MR) is 123 cm³/mol. The highest BCUT2D eigenvalue weighted by Crippen LogP contribution is 2.42. The lowest BCUT2D eigenvalue weighted by molar-refractivity contribution is -0.117. The lowest BCUT2D eigenvalue weighted by Crippen LogP contribution is -2.31. The van der Waals surface area contributed by atoms with E-state index in [1.165, 1.54) is 48.5 Å². The number of nitrogens with zero attached hydrogens (tertiary/aromatic N) is 2. The molecule has 0 saturated heterocycles. The van der Waals surface area contributed by atoms with E-state index >= 15 is 0 Å². The van der Waals surface area contributed by atoms with Gasteiger partial charge in [0.05, 0.1) is 18.4 Å². The Hall–Kier alpha value is -4.17. The monoisotopic (exact) mass is 478 g/mol. The summed E-state index contributed by atoms with van der Waals surface area (Å²) >= 11 is 6.12. The van der Waals surface area contributed by atoms with E-state index in [1.54, 1.807) is 30.3 Å². The first-order valence-corrected chi connectivity index (χ1v) is 10.5. The van der Waals surface area contributed by atoms with E-state index in [2.05, 4.69) is 4.98 Å².